The molecule has 0 aliphatic carbocycles. The number of anilines is 1. The third-order valence-electron chi connectivity index (χ3n) is 5.27. The second-order valence-corrected chi connectivity index (χ2v) is 9.46. The Hall–Kier alpha value is -2.87. The molecule has 3 aromatic rings. The summed E-state index contributed by atoms with van der Waals surface area (Å²) in [5.74, 6) is -0.198. The molecule has 4 rings (SSSR count). The SMILES string of the molecule is O=C(N/N=C\c1cccc(OCc2ccc(Cl)c(Cl)c2)c1)[C@@H]1CC(=O)N(c2ccc(Br)cc2)C1. The maximum absolute atomic E-state index is 12.5. The Morgan fingerprint density at radius 3 is 2.68 bits per heavy atom. The number of hydrogen-bond donors (Lipinski definition) is 1. The second-order valence-electron chi connectivity index (χ2n) is 7.73. The average Bonchev–Trinajstić information content (AvgIpc) is 3.22. The predicted octanol–water partition coefficient (Wildman–Crippen LogP) is 5.84. The highest BCUT2D eigenvalue weighted by Gasteiger charge is 2.35. The first-order chi connectivity index (χ1) is 16.4. The Morgan fingerprint density at radius 2 is 1.91 bits per heavy atom. The monoisotopic (exact) mass is 559 g/mol. The molecular formula is C25H20BrCl2N3O3. The maximum Gasteiger partial charge on any atom is 0.245 e. The number of ether oxygens (including phenoxy) is 1. The molecule has 1 aliphatic heterocycles. The largest absolute Gasteiger partial charge is 0.489 e. The van der Waals surface area contributed by atoms with E-state index in [0.717, 1.165) is 21.3 Å². The van der Waals surface area contributed by atoms with Gasteiger partial charge in [0, 0.05) is 23.1 Å². The molecule has 1 heterocycles. The molecule has 0 unspecified atom stereocenters. The zero-order chi connectivity index (χ0) is 24.1. The van der Waals surface area contributed by atoms with E-state index < -0.39 is 5.92 Å². The van der Waals surface area contributed by atoms with Gasteiger partial charge in [0.2, 0.25) is 11.8 Å². The first kappa shape index (κ1) is 24.3. The molecule has 174 valence electrons. The van der Waals surface area contributed by atoms with Crippen LogP contribution in [0.3, 0.4) is 0 Å². The van der Waals surface area contributed by atoms with Crippen LogP contribution in [0.5, 0.6) is 5.75 Å². The van der Waals surface area contributed by atoms with Crippen molar-refractivity contribution < 1.29 is 14.3 Å². The van der Waals surface area contributed by atoms with E-state index in [1.165, 1.54) is 6.21 Å². The van der Waals surface area contributed by atoms with Gasteiger partial charge >= 0.3 is 0 Å². The van der Waals surface area contributed by atoms with Crippen LogP contribution in [-0.4, -0.2) is 24.6 Å². The summed E-state index contributed by atoms with van der Waals surface area (Å²) in [7, 11) is 0. The molecule has 0 saturated carbocycles. The molecule has 6 nitrogen and oxygen atoms in total. The normalized spacial score (nSPS) is 15.7. The lowest BCUT2D eigenvalue weighted by Gasteiger charge is -2.16. The fourth-order valence-electron chi connectivity index (χ4n) is 3.50. The van der Waals surface area contributed by atoms with Gasteiger partial charge in [0.25, 0.3) is 0 Å². The van der Waals surface area contributed by atoms with E-state index in [9.17, 15) is 9.59 Å². The van der Waals surface area contributed by atoms with Gasteiger partial charge in [-0.1, -0.05) is 57.3 Å². The van der Waals surface area contributed by atoms with E-state index in [4.69, 9.17) is 27.9 Å². The van der Waals surface area contributed by atoms with E-state index in [0.29, 0.717) is 28.9 Å². The highest BCUT2D eigenvalue weighted by Crippen LogP contribution is 2.27. The third-order valence-corrected chi connectivity index (χ3v) is 6.54. The number of hydrogen-bond acceptors (Lipinski definition) is 4. The lowest BCUT2D eigenvalue weighted by Crippen LogP contribution is -2.30. The van der Waals surface area contributed by atoms with Crippen molar-refractivity contribution >= 4 is 62.8 Å². The molecule has 34 heavy (non-hydrogen) atoms. The van der Waals surface area contributed by atoms with E-state index in [-0.39, 0.29) is 18.2 Å². The summed E-state index contributed by atoms with van der Waals surface area (Å²) >= 11 is 15.4. The molecule has 1 atom stereocenters. The number of rotatable bonds is 7. The van der Waals surface area contributed by atoms with Crippen molar-refractivity contribution in [2.75, 3.05) is 11.4 Å². The summed E-state index contributed by atoms with van der Waals surface area (Å²) in [6.45, 7) is 0.651. The fraction of sp³-hybridized carbons (Fsp3) is 0.160. The predicted molar refractivity (Wildman–Crippen MR) is 138 cm³/mol. The molecule has 1 aliphatic rings. The van der Waals surface area contributed by atoms with Crippen molar-refractivity contribution in [1.29, 1.82) is 0 Å². The molecule has 0 aromatic heterocycles. The average molecular weight is 561 g/mol. The number of nitrogens with zero attached hydrogens (tertiary/aromatic N) is 2. The Labute approximate surface area is 215 Å². The van der Waals surface area contributed by atoms with Crippen LogP contribution in [0, 0.1) is 5.92 Å². The molecule has 0 spiro atoms. The minimum atomic E-state index is -0.464. The van der Waals surface area contributed by atoms with Crippen molar-refractivity contribution in [3.8, 4) is 5.75 Å². The van der Waals surface area contributed by atoms with Crippen molar-refractivity contribution in [1.82, 2.24) is 5.43 Å². The van der Waals surface area contributed by atoms with Crippen LogP contribution in [-0.2, 0) is 16.2 Å². The Morgan fingerprint density at radius 1 is 1.12 bits per heavy atom. The van der Waals surface area contributed by atoms with Crippen LogP contribution in [0.4, 0.5) is 5.69 Å². The number of halogens is 3. The number of hydrazone groups is 1. The van der Waals surface area contributed by atoms with Gasteiger partial charge in [-0.3, -0.25) is 9.59 Å². The smallest absolute Gasteiger partial charge is 0.245 e. The standard InChI is InChI=1S/C25H20BrCl2N3O3/c26-19-5-7-20(8-6-19)31-14-18(12-24(31)32)25(33)30-29-13-16-2-1-3-21(10-16)34-15-17-4-9-22(27)23(28)11-17/h1-11,13,18H,12,14-15H2,(H,30,33)/b29-13-/t18-/m1/s1. The van der Waals surface area contributed by atoms with Crippen molar-refractivity contribution in [3.63, 3.8) is 0 Å². The van der Waals surface area contributed by atoms with E-state index in [1.807, 2.05) is 54.6 Å². The number of benzene rings is 3. The van der Waals surface area contributed by atoms with Gasteiger partial charge in [0.1, 0.15) is 12.4 Å². The van der Waals surface area contributed by atoms with Gasteiger partial charge in [-0.25, -0.2) is 5.43 Å². The van der Waals surface area contributed by atoms with Crippen LogP contribution < -0.4 is 15.1 Å². The van der Waals surface area contributed by atoms with Crippen LogP contribution in [0.15, 0.2) is 76.3 Å². The van der Waals surface area contributed by atoms with Crippen molar-refractivity contribution in [2.45, 2.75) is 13.0 Å². The maximum atomic E-state index is 12.5. The van der Waals surface area contributed by atoms with Gasteiger partial charge in [0.15, 0.2) is 0 Å². The van der Waals surface area contributed by atoms with Gasteiger partial charge in [-0.05, 0) is 59.7 Å². The molecule has 1 N–H and O–H groups in total. The highest BCUT2D eigenvalue weighted by atomic mass is 79.9. The van der Waals surface area contributed by atoms with Gasteiger partial charge in [0.05, 0.1) is 22.2 Å². The summed E-state index contributed by atoms with van der Waals surface area (Å²) in [6.07, 6.45) is 1.68. The number of amides is 2. The Kier molecular flexibility index (Phi) is 7.88. The van der Waals surface area contributed by atoms with E-state index >= 15 is 0 Å². The van der Waals surface area contributed by atoms with Crippen molar-refractivity contribution in [3.05, 3.63) is 92.4 Å². The minimum absolute atomic E-state index is 0.0849. The van der Waals surface area contributed by atoms with Gasteiger partial charge < -0.3 is 9.64 Å². The number of carbonyl (C=O) groups is 2. The number of carbonyl (C=O) groups excluding carboxylic acids is 2. The summed E-state index contributed by atoms with van der Waals surface area (Å²) < 4.78 is 6.74. The van der Waals surface area contributed by atoms with E-state index in [2.05, 4.69) is 26.5 Å². The first-order valence-corrected chi connectivity index (χ1v) is 12.0. The summed E-state index contributed by atoms with van der Waals surface area (Å²) in [5, 5.41) is 5.02. The Balaban J connectivity index is 1.30. The summed E-state index contributed by atoms with van der Waals surface area (Å²) in [4.78, 5) is 26.5. The minimum Gasteiger partial charge on any atom is -0.489 e. The quantitative estimate of drug-likeness (QED) is 0.291. The molecule has 2 amide bonds. The Bertz CT molecular complexity index is 1230. The summed E-state index contributed by atoms with van der Waals surface area (Å²) in [6, 6.07) is 20.1. The lowest BCUT2D eigenvalue weighted by atomic mass is 10.1. The zero-order valence-corrected chi connectivity index (χ0v) is 21.0. The zero-order valence-electron chi connectivity index (χ0n) is 17.9. The second kappa shape index (κ2) is 11.0. The topological polar surface area (TPSA) is 71.0 Å². The molecule has 1 fully saturated rings. The molecule has 0 bridgehead atoms. The van der Waals surface area contributed by atoms with Crippen LogP contribution in [0.25, 0.3) is 0 Å². The van der Waals surface area contributed by atoms with E-state index in [1.54, 1.807) is 17.0 Å². The van der Waals surface area contributed by atoms with Crippen LogP contribution in [0.1, 0.15) is 17.5 Å². The fourth-order valence-corrected chi connectivity index (χ4v) is 4.08. The first-order valence-electron chi connectivity index (χ1n) is 10.4. The molecule has 1 saturated heterocycles. The van der Waals surface area contributed by atoms with Gasteiger partial charge in [-0.15, -0.1) is 0 Å². The highest BCUT2D eigenvalue weighted by molar-refractivity contribution is 9.10. The molecule has 3 aromatic carbocycles. The van der Waals surface area contributed by atoms with Crippen LogP contribution in [0.2, 0.25) is 10.0 Å². The van der Waals surface area contributed by atoms with Crippen LogP contribution >= 0.6 is 39.1 Å². The molecule has 9 heteroatoms. The van der Waals surface area contributed by atoms with Crippen molar-refractivity contribution in [2.24, 2.45) is 11.0 Å². The number of nitrogens with one attached hydrogen (secondary N) is 1. The van der Waals surface area contributed by atoms with Gasteiger partial charge in [-0.2, -0.15) is 5.10 Å². The molecule has 0 radical (unpaired) electrons. The third kappa shape index (κ3) is 6.17. The lowest BCUT2D eigenvalue weighted by molar-refractivity contribution is -0.126. The summed E-state index contributed by atoms with van der Waals surface area (Å²) in [5.41, 5.74) is 4.96. The molecular weight excluding hydrogens is 541 g/mol.